The maximum atomic E-state index is 12.3. The highest BCUT2D eigenvalue weighted by atomic mass is 32.2. The molecule has 8 nitrogen and oxygen atoms in total. The number of rotatable bonds is 6. The summed E-state index contributed by atoms with van der Waals surface area (Å²) >= 11 is 1.14. The van der Waals surface area contributed by atoms with Crippen LogP contribution >= 0.6 is 11.3 Å². The maximum absolute atomic E-state index is 12.3. The van der Waals surface area contributed by atoms with Crippen molar-refractivity contribution in [1.82, 2.24) is 4.98 Å². The first-order chi connectivity index (χ1) is 9.94. The third-order valence-electron chi connectivity index (χ3n) is 2.48. The van der Waals surface area contributed by atoms with Crippen molar-refractivity contribution in [2.45, 2.75) is 11.8 Å². The number of nitro groups is 1. The second-order valence-electron chi connectivity index (χ2n) is 3.91. The number of nitrogens with zero attached hydrogens (tertiary/aromatic N) is 2. The molecule has 112 valence electrons. The Bertz CT molecular complexity index is 744. The van der Waals surface area contributed by atoms with Crippen molar-refractivity contribution >= 4 is 37.9 Å². The lowest BCUT2D eigenvalue weighted by Gasteiger charge is -2.11. The van der Waals surface area contributed by atoms with Gasteiger partial charge in [-0.25, -0.2) is 13.4 Å². The van der Waals surface area contributed by atoms with Gasteiger partial charge in [-0.2, -0.15) is 0 Å². The zero-order valence-corrected chi connectivity index (χ0v) is 12.6. The SMILES string of the molecule is CCNc1cc([N+](=O)[O-])ccc1S(=O)(=O)Nc1nccs1. The molecule has 0 fully saturated rings. The highest BCUT2D eigenvalue weighted by Gasteiger charge is 2.22. The molecule has 0 saturated carbocycles. The van der Waals surface area contributed by atoms with Crippen LogP contribution in [-0.2, 0) is 10.0 Å². The van der Waals surface area contributed by atoms with Gasteiger partial charge in [-0.05, 0) is 13.0 Å². The van der Waals surface area contributed by atoms with Crippen LogP contribution in [0.25, 0.3) is 0 Å². The first-order valence-electron chi connectivity index (χ1n) is 5.88. The Kier molecular flexibility index (Phi) is 4.38. The molecule has 0 aliphatic carbocycles. The van der Waals surface area contributed by atoms with E-state index in [1.807, 2.05) is 0 Å². The Morgan fingerprint density at radius 1 is 1.43 bits per heavy atom. The fourth-order valence-electron chi connectivity index (χ4n) is 1.64. The Labute approximate surface area is 125 Å². The van der Waals surface area contributed by atoms with E-state index < -0.39 is 14.9 Å². The first-order valence-corrected chi connectivity index (χ1v) is 8.25. The van der Waals surface area contributed by atoms with Crippen LogP contribution in [-0.4, -0.2) is 24.9 Å². The average Bonchev–Trinajstić information content (AvgIpc) is 2.91. The number of anilines is 2. The number of hydrogen-bond donors (Lipinski definition) is 2. The molecule has 0 bridgehead atoms. The Morgan fingerprint density at radius 3 is 2.76 bits per heavy atom. The lowest BCUT2D eigenvalue weighted by Crippen LogP contribution is -2.15. The van der Waals surface area contributed by atoms with Crippen LogP contribution in [0.5, 0.6) is 0 Å². The average molecular weight is 328 g/mol. The number of thiazole rings is 1. The minimum Gasteiger partial charge on any atom is -0.384 e. The van der Waals surface area contributed by atoms with Crippen LogP contribution in [0, 0.1) is 10.1 Å². The van der Waals surface area contributed by atoms with Crippen molar-refractivity contribution in [3.8, 4) is 0 Å². The van der Waals surface area contributed by atoms with Crippen molar-refractivity contribution < 1.29 is 13.3 Å². The van der Waals surface area contributed by atoms with Crippen molar-refractivity contribution in [3.05, 3.63) is 39.9 Å². The molecule has 0 aliphatic heterocycles. The van der Waals surface area contributed by atoms with Crippen LogP contribution in [0.3, 0.4) is 0 Å². The molecule has 0 saturated heterocycles. The van der Waals surface area contributed by atoms with E-state index in [-0.39, 0.29) is 21.4 Å². The summed E-state index contributed by atoms with van der Waals surface area (Å²) in [6, 6.07) is 3.54. The van der Waals surface area contributed by atoms with E-state index in [1.165, 1.54) is 18.3 Å². The molecule has 0 spiro atoms. The van der Waals surface area contributed by atoms with Crippen molar-refractivity contribution in [3.63, 3.8) is 0 Å². The monoisotopic (exact) mass is 328 g/mol. The molecule has 1 aromatic carbocycles. The Hall–Kier alpha value is -2.20. The lowest BCUT2D eigenvalue weighted by atomic mass is 10.3. The lowest BCUT2D eigenvalue weighted by molar-refractivity contribution is -0.384. The molecular formula is C11H12N4O4S2. The molecule has 21 heavy (non-hydrogen) atoms. The van der Waals surface area contributed by atoms with Gasteiger partial charge >= 0.3 is 0 Å². The normalized spacial score (nSPS) is 11.1. The van der Waals surface area contributed by atoms with Gasteiger partial charge in [0.15, 0.2) is 5.13 Å². The Morgan fingerprint density at radius 2 is 2.19 bits per heavy atom. The van der Waals surface area contributed by atoms with Gasteiger partial charge in [0.1, 0.15) is 4.90 Å². The number of nitro benzene ring substituents is 1. The predicted octanol–water partition coefficient (Wildman–Crippen LogP) is 2.28. The standard InChI is InChI=1S/C11H12N4O4S2/c1-2-12-9-7-8(15(16)17)3-4-10(9)21(18,19)14-11-13-5-6-20-11/h3-7,12H,2H2,1H3,(H,13,14). The molecule has 0 aliphatic rings. The molecule has 2 rings (SSSR count). The van der Waals surface area contributed by atoms with Crippen LogP contribution in [0.2, 0.25) is 0 Å². The van der Waals surface area contributed by atoms with E-state index in [0.29, 0.717) is 6.54 Å². The summed E-state index contributed by atoms with van der Waals surface area (Å²) < 4.78 is 27.0. The number of non-ortho nitro benzene ring substituents is 1. The molecule has 0 unspecified atom stereocenters. The number of benzene rings is 1. The highest BCUT2D eigenvalue weighted by Crippen LogP contribution is 2.28. The second kappa shape index (κ2) is 6.06. The van der Waals surface area contributed by atoms with E-state index in [0.717, 1.165) is 17.4 Å². The van der Waals surface area contributed by atoms with Gasteiger partial charge in [0.2, 0.25) is 0 Å². The van der Waals surface area contributed by atoms with E-state index in [4.69, 9.17) is 0 Å². The summed E-state index contributed by atoms with van der Waals surface area (Å²) in [5.74, 6) is 0. The van der Waals surface area contributed by atoms with Crippen LogP contribution in [0.4, 0.5) is 16.5 Å². The largest absolute Gasteiger partial charge is 0.384 e. The summed E-state index contributed by atoms with van der Waals surface area (Å²) in [5.41, 5.74) is -0.00472. The third-order valence-corrected chi connectivity index (χ3v) is 4.70. The van der Waals surface area contributed by atoms with Crippen molar-refractivity contribution in [2.75, 3.05) is 16.6 Å². The first kappa shape index (κ1) is 15.2. The third kappa shape index (κ3) is 3.47. The van der Waals surface area contributed by atoms with Gasteiger partial charge in [-0.3, -0.25) is 14.8 Å². The smallest absolute Gasteiger partial charge is 0.271 e. The number of aromatic nitrogens is 1. The van der Waals surface area contributed by atoms with Crippen molar-refractivity contribution in [1.29, 1.82) is 0 Å². The summed E-state index contributed by atoms with van der Waals surface area (Å²) in [6.07, 6.45) is 1.48. The van der Waals surface area contributed by atoms with Gasteiger partial charge in [0, 0.05) is 30.3 Å². The predicted molar refractivity (Wildman–Crippen MR) is 80.2 cm³/mol. The van der Waals surface area contributed by atoms with Gasteiger partial charge in [-0.1, -0.05) is 0 Å². The maximum Gasteiger partial charge on any atom is 0.271 e. The number of nitrogens with one attached hydrogen (secondary N) is 2. The van der Waals surface area contributed by atoms with Gasteiger partial charge in [0.05, 0.1) is 10.6 Å². The minimum atomic E-state index is -3.87. The molecule has 0 amide bonds. The zero-order chi connectivity index (χ0) is 15.5. The molecule has 1 aromatic heterocycles. The zero-order valence-electron chi connectivity index (χ0n) is 10.9. The van der Waals surface area contributed by atoms with E-state index in [9.17, 15) is 18.5 Å². The van der Waals surface area contributed by atoms with Crippen LogP contribution in [0.1, 0.15) is 6.92 Å². The van der Waals surface area contributed by atoms with Crippen LogP contribution in [0.15, 0.2) is 34.7 Å². The van der Waals surface area contributed by atoms with Gasteiger partial charge in [-0.15, -0.1) is 11.3 Å². The highest BCUT2D eigenvalue weighted by molar-refractivity contribution is 7.93. The summed E-state index contributed by atoms with van der Waals surface area (Å²) in [6.45, 7) is 2.20. The number of sulfonamides is 1. The molecule has 0 atom stereocenters. The van der Waals surface area contributed by atoms with E-state index in [1.54, 1.807) is 12.3 Å². The molecule has 0 radical (unpaired) electrons. The van der Waals surface area contributed by atoms with Crippen LogP contribution < -0.4 is 10.0 Å². The summed E-state index contributed by atoms with van der Waals surface area (Å²) in [4.78, 5) is 14.0. The minimum absolute atomic E-state index is 0.0647. The molecule has 1 heterocycles. The summed E-state index contributed by atoms with van der Waals surface area (Å²) in [7, 11) is -3.87. The van der Waals surface area contributed by atoms with E-state index >= 15 is 0 Å². The fraction of sp³-hybridized carbons (Fsp3) is 0.182. The van der Waals surface area contributed by atoms with Gasteiger partial charge in [0.25, 0.3) is 15.7 Å². The van der Waals surface area contributed by atoms with Gasteiger partial charge < -0.3 is 5.32 Å². The van der Waals surface area contributed by atoms with E-state index in [2.05, 4.69) is 15.0 Å². The topological polar surface area (TPSA) is 114 Å². The molecule has 2 N–H and O–H groups in total. The Balaban J connectivity index is 2.44. The quantitative estimate of drug-likeness (QED) is 0.621. The second-order valence-corrected chi connectivity index (χ2v) is 6.46. The number of hydrogen-bond acceptors (Lipinski definition) is 7. The molecule has 10 heteroatoms. The fourth-order valence-corrected chi connectivity index (χ4v) is 3.59. The van der Waals surface area contributed by atoms with Crippen molar-refractivity contribution in [2.24, 2.45) is 0 Å². The molecule has 2 aromatic rings. The summed E-state index contributed by atoms with van der Waals surface area (Å²) in [5, 5.41) is 15.5. The molecular weight excluding hydrogens is 316 g/mol.